The number of benzene rings is 1. The molecule has 104 valence electrons. The first kappa shape index (κ1) is 14.5. The van der Waals surface area contributed by atoms with E-state index in [1.807, 2.05) is 0 Å². The SMILES string of the molecule is CCCNC(C)c1nc2cc(Br)ccc2n1C(C)C. The lowest BCUT2D eigenvalue weighted by Gasteiger charge is -2.18. The van der Waals surface area contributed by atoms with Gasteiger partial charge in [-0.1, -0.05) is 22.9 Å². The lowest BCUT2D eigenvalue weighted by atomic mass is 10.2. The van der Waals surface area contributed by atoms with Crippen LogP contribution in [0.4, 0.5) is 0 Å². The highest BCUT2D eigenvalue weighted by atomic mass is 79.9. The minimum Gasteiger partial charge on any atom is -0.324 e. The molecule has 4 heteroatoms. The third-order valence-corrected chi connectivity index (χ3v) is 3.78. The summed E-state index contributed by atoms with van der Waals surface area (Å²) in [6, 6.07) is 6.99. The molecule has 0 bridgehead atoms. The second-order valence-electron chi connectivity index (χ2n) is 5.24. The predicted octanol–water partition coefficient (Wildman–Crippen LogP) is 4.44. The van der Waals surface area contributed by atoms with Crippen LogP contribution in [0.15, 0.2) is 22.7 Å². The largest absolute Gasteiger partial charge is 0.324 e. The number of nitrogens with zero attached hydrogens (tertiary/aromatic N) is 2. The molecule has 0 saturated heterocycles. The Balaban J connectivity index is 2.49. The maximum absolute atomic E-state index is 4.82. The zero-order chi connectivity index (χ0) is 14.0. The summed E-state index contributed by atoms with van der Waals surface area (Å²) in [6.45, 7) is 9.80. The van der Waals surface area contributed by atoms with Crippen LogP contribution in [0.25, 0.3) is 11.0 Å². The van der Waals surface area contributed by atoms with Gasteiger partial charge in [0.25, 0.3) is 0 Å². The van der Waals surface area contributed by atoms with Crippen molar-refractivity contribution in [3.63, 3.8) is 0 Å². The molecular weight excluding hydrogens is 302 g/mol. The van der Waals surface area contributed by atoms with Crippen molar-refractivity contribution in [1.82, 2.24) is 14.9 Å². The molecule has 2 aromatic rings. The molecule has 2 rings (SSSR count). The molecule has 19 heavy (non-hydrogen) atoms. The van der Waals surface area contributed by atoms with Gasteiger partial charge in [-0.3, -0.25) is 0 Å². The van der Waals surface area contributed by atoms with E-state index in [0.717, 1.165) is 28.8 Å². The summed E-state index contributed by atoms with van der Waals surface area (Å²) < 4.78 is 3.41. The Morgan fingerprint density at radius 2 is 2.05 bits per heavy atom. The van der Waals surface area contributed by atoms with E-state index in [4.69, 9.17) is 4.98 Å². The number of hydrogen-bond acceptors (Lipinski definition) is 2. The highest BCUT2D eigenvalue weighted by Gasteiger charge is 2.17. The minimum absolute atomic E-state index is 0.272. The average Bonchev–Trinajstić information content (AvgIpc) is 2.74. The van der Waals surface area contributed by atoms with Gasteiger partial charge < -0.3 is 9.88 Å². The van der Waals surface area contributed by atoms with Crippen molar-refractivity contribution in [1.29, 1.82) is 0 Å². The van der Waals surface area contributed by atoms with Gasteiger partial charge in [0.2, 0.25) is 0 Å². The van der Waals surface area contributed by atoms with Crippen LogP contribution in [0.2, 0.25) is 0 Å². The Labute approximate surface area is 123 Å². The van der Waals surface area contributed by atoms with Crippen LogP contribution in [0.5, 0.6) is 0 Å². The summed E-state index contributed by atoms with van der Waals surface area (Å²) in [6.07, 6.45) is 1.14. The number of hydrogen-bond donors (Lipinski definition) is 1. The van der Waals surface area contributed by atoms with E-state index >= 15 is 0 Å². The zero-order valence-corrected chi connectivity index (χ0v) is 13.7. The fourth-order valence-electron chi connectivity index (χ4n) is 2.39. The van der Waals surface area contributed by atoms with Crippen LogP contribution in [0.3, 0.4) is 0 Å². The Morgan fingerprint density at radius 1 is 1.32 bits per heavy atom. The molecular formula is C15H22BrN3. The molecule has 1 heterocycles. The number of fused-ring (bicyclic) bond motifs is 1. The second kappa shape index (κ2) is 6.06. The van der Waals surface area contributed by atoms with Crippen LogP contribution >= 0.6 is 15.9 Å². The number of nitrogens with one attached hydrogen (secondary N) is 1. The van der Waals surface area contributed by atoms with E-state index in [1.165, 1.54) is 5.52 Å². The normalized spacial score (nSPS) is 13.4. The van der Waals surface area contributed by atoms with Gasteiger partial charge in [0.05, 0.1) is 17.1 Å². The molecule has 1 atom stereocenters. The minimum atomic E-state index is 0.272. The van der Waals surface area contributed by atoms with Gasteiger partial charge in [-0.05, 0) is 51.9 Å². The van der Waals surface area contributed by atoms with E-state index in [-0.39, 0.29) is 6.04 Å². The van der Waals surface area contributed by atoms with Crippen LogP contribution in [-0.2, 0) is 0 Å². The van der Waals surface area contributed by atoms with Crippen LogP contribution in [0.1, 0.15) is 52.0 Å². The molecule has 0 fully saturated rings. The van der Waals surface area contributed by atoms with Gasteiger partial charge in [-0.25, -0.2) is 4.98 Å². The Morgan fingerprint density at radius 3 is 2.68 bits per heavy atom. The van der Waals surface area contributed by atoms with E-state index in [1.54, 1.807) is 0 Å². The second-order valence-corrected chi connectivity index (χ2v) is 6.16. The summed E-state index contributed by atoms with van der Waals surface area (Å²) in [5.41, 5.74) is 2.27. The van der Waals surface area contributed by atoms with Crippen molar-refractivity contribution in [2.24, 2.45) is 0 Å². The van der Waals surface area contributed by atoms with E-state index in [2.05, 4.69) is 71.7 Å². The molecule has 1 unspecified atom stereocenters. The number of aromatic nitrogens is 2. The predicted molar refractivity (Wildman–Crippen MR) is 84.5 cm³/mol. The van der Waals surface area contributed by atoms with Gasteiger partial charge in [-0.2, -0.15) is 0 Å². The van der Waals surface area contributed by atoms with Crippen molar-refractivity contribution >= 4 is 27.0 Å². The van der Waals surface area contributed by atoms with Crippen LogP contribution < -0.4 is 5.32 Å². The van der Waals surface area contributed by atoms with Crippen molar-refractivity contribution in [3.8, 4) is 0 Å². The van der Waals surface area contributed by atoms with E-state index in [0.29, 0.717) is 6.04 Å². The molecule has 0 saturated carbocycles. The van der Waals surface area contributed by atoms with Crippen molar-refractivity contribution in [2.75, 3.05) is 6.54 Å². The first-order valence-electron chi connectivity index (χ1n) is 6.95. The standard InChI is InChI=1S/C15H22BrN3/c1-5-8-17-11(4)15-18-13-9-12(16)6-7-14(13)19(15)10(2)3/h6-7,9-11,17H,5,8H2,1-4H3. The smallest absolute Gasteiger partial charge is 0.127 e. The highest BCUT2D eigenvalue weighted by molar-refractivity contribution is 9.10. The van der Waals surface area contributed by atoms with Gasteiger partial charge in [-0.15, -0.1) is 0 Å². The summed E-state index contributed by atoms with van der Waals surface area (Å²) in [5.74, 6) is 1.12. The summed E-state index contributed by atoms with van der Waals surface area (Å²) in [4.78, 5) is 4.82. The molecule has 0 aliphatic heterocycles. The fourth-order valence-corrected chi connectivity index (χ4v) is 2.74. The third kappa shape index (κ3) is 3.00. The van der Waals surface area contributed by atoms with Crippen LogP contribution in [-0.4, -0.2) is 16.1 Å². The molecule has 1 aromatic carbocycles. The van der Waals surface area contributed by atoms with Crippen molar-refractivity contribution in [3.05, 3.63) is 28.5 Å². The molecule has 0 aliphatic rings. The molecule has 0 amide bonds. The van der Waals surface area contributed by atoms with Gasteiger partial charge >= 0.3 is 0 Å². The van der Waals surface area contributed by atoms with Gasteiger partial charge in [0, 0.05) is 10.5 Å². The lowest BCUT2D eigenvalue weighted by Crippen LogP contribution is -2.23. The number of imidazole rings is 1. The lowest BCUT2D eigenvalue weighted by molar-refractivity contribution is 0.492. The quantitative estimate of drug-likeness (QED) is 0.881. The van der Waals surface area contributed by atoms with E-state index < -0.39 is 0 Å². The number of rotatable bonds is 5. The van der Waals surface area contributed by atoms with Gasteiger partial charge in [0.15, 0.2) is 0 Å². The third-order valence-electron chi connectivity index (χ3n) is 3.28. The fraction of sp³-hybridized carbons (Fsp3) is 0.533. The highest BCUT2D eigenvalue weighted by Crippen LogP contribution is 2.27. The first-order chi connectivity index (χ1) is 9.04. The monoisotopic (exact) mass is 323 g/mol. The van der Waals surface area contributed by atoms with Gasteiger partial charge in [0.1, 0.15) is 5.82 Å². The van der Waals surface area contributed by atoms with Crippen LogP contribution in [0, 0.1) is 0 Å². The summed E-state index contributed by atoms with van der Waals surface area (Å²) in [7, 11) is 0. The maximum atomic E-state index is 4.82. The molecule has 0 spiro atoms. The molecule has 1 N–H and O–H groups in total. The Hall–Kier alpha value is -0.870. The topological polar surface area (TPSA) is 29.9 Å². The van der Waals surface area contributed by atoms with E-state index in [9.17, 15) is 0 Å². The maximum Gasteiger partial charge on any atom is 0.127 e. The molecule has 1 aromatic heterocycles. The Bertz CT molecular complexity index is 560. The number of halogens is 1. The molecule has 3 nitrogen and oxygen atoms in total. The summed E-state index contributed by atoms with van der Waals surface area (Å²) >= 11 is 3.52. The molecule has 0 radical (unpaired) electrons. The summed E-state index contributed by atoms with van der Waals surface area (Å²) in [5, 5.41) is 3.52. The molecule has 0 aliphatic carbocycles. The first-order valence-corrected chi connectivity index (χ1v) is 7.74. The zero-order valence-electron chi connectivity index (χ0n) is 12.1. The Kier molecular flexibility index (Phi) is 4.63. The van der Waals surface area contributed by atoms with Crippen molar-refractivity contribution in [2.45, 2.75) is 46.2 Å². The van der Waals surface area contributed by atoms with Crippen molar-refractivity contribution < 1.29 is 0 Å². The average molecular weight is 324 g/mol.